The molecule has 0 saturated heterocycles. The lowest BCUT2D eigenvalue weighted by Crippen LogP contribution is -1.99. The number of hydrogen-bond donors (Lipinski definition) is 1. The van der Waals surface area contributed by atoms with Gasteiger partial charge in [0.05, 0.1) is 7.11 Å². The number of methoxy groups -OCH3 is 1. The van der Waals surface area contributed by atoms with E-state index in [0.29, 0.717) is 0 Å². The Labute approximate surface area is 101 Å². The van der Waals surface area contributed by atoms with E-state index in [4.69, 9.17) is 4.74 Å². The fourth-order valence-electron chi connectivity index (χ4n) is 1.82. The predicted molar refractivity (Wildman–Crippen MR) is 68.2 cm³/mol. The highest BCUT2D eigenvalue weighted by atomic mass is 16.5. The van der Waals surface area contributed by atoms with Gasteiger partial charge in [-0.1, -0.05) is 42.0 Å². The molecule has 1 atom stereocenters. The van der Waals surface area contributed by atoms with E-state index in [0.717, 1.165) is 22.4 Å². The van der Waals surface area contributed by atoms with Gasteiger partial charge in [0.15, 0.2) is 0 Å². The topological polar surface area (TPSA) is 29.5 Å². The summed E-state index contributed by atoms with van der Waals surface area (Å²) >= 11 is 0. The Hall–Kier alpha value is -1.80. The van der Waals surface area contributed by atoms with Gasteiger partial charge in [0, 0.05) is 0 Å². The predicted octanol–water partition coefficient (Wildman–Crippen LogP) is 3.09. The first-order chi connectivity index (χ1) is 8.20. The van der Waals surface area contributed by atoms with E-state index < -0.39 is 6.10 Å². The second-order valence-electron chi connectivity index (χ2n) is 4.09. The molecular weight excluding hydrogens is 212 g/mol. The number of hydrogen-bond acceptors (Lipinski definition) is 2. The van der Waals surface area contributed by atoms with Crippen LogP contribution in [0.2, 0.25) is 0 Å². The summed E-state index contributed by atoms with van der Waals surface area (Å²) in [5.41, 5.74) is 2.93. The first kappa shape index (κ1) is 11.7. The molecule has 2 heteroatoms. The molecular formula is C15H16O2. The smallest absolute Gasteiger partial charge is 0.118 e. The lowest BCUT2D eigenvalue weighted by atomic mass is 10.00. The summed E-state index contributed by atoms with van der Waals surface area (Å²) in [6.07, 6.45) is -0.583. The Balaban J connectivity index is 2.27. The molecule has 0 bridgehead atoms. The highest BCUT2D eigenvalue weighted by Crippen LogP contribution is 2.24. The average Bonchev–Trinajstić information content (AvgIpc) is 2.38. The van der Waals surface area contributed by atoms with E-state index in [9.17, 15) is 5.11 Å². The lowest BCUT2D eigenvalue weighted by Gasteiger charge is -2.12. The molecule has 0 aromatic heterocycles. The first-order valence-electron chi connectivity index (χ1n) is 5.59. The third-order valence-corrected chi connectivity index (χ3v) is 2.79. The molecule has 17 heavy (non-hydrogen) atoms. The van der Waals surface area contributed by atoms with Gasteiger partial charge in [-0.05, 0) is 30.2 Å². The standard InChI is InChI=1S/C15H16O2/c1-11-4-3-5-13(10-11)15(16)12-6-8-14(17-2)9-7-12/h3-10,15-16H,1-2H3/t15-/m0/s1. The minimum atomic E-state index is -0.583. The van der Waals surface area contributed by atoms with Gasteiger partial charge in [0.1, 0.15) is 11.9 Å². The maximum absolute atomic E-state index is 10.2. The maximum atomic E-state index is 10.2. The van der Waals surface area contributed by atoms with Crippen LogP contribution in [0.5, 0.6) is 5.75 Å². The zero-order chi connectivity index (χ0) is 12.3. The van der Waals surface area contributed by atoms with Crippen molar-refractivity contribution in [3.05, 3.63) is 65.2 Å². The number of aryl methyl sites for hydroxylation is 1. The molecule has 0 aliphatic heterocycles. The summed E-state index contributed by atoms with van der Waals surface area (Å²) in [5.74, 6) is 0.796. The van der Waals surface area contributed by atoms with Crippen molar-refractivity contribution in [2.24, 2.45) is 0 Å². The molecule has 0 aliphatic rings. The van der Waals surface area contributed by atoms with Crippen molar-refractivity contribution in [1.29, 1.82) is 0 Å². The van der Waals surface area contributed by atoms with Crippen LogP contribution >= 0.6 is 0 Å². The van der Waals surface area contributed by atoms with Crippen LogP contribution in [0.25, 0.3) is 0 Å². The normalized spacial score (nSPS) is 12.2. The maximum Gasteiger partial charge on any atom is 0.118 e. The molecule has 0 saturated carbocycles. The van der Waals surface area contributed by atoms with Crippen molar-refractivity contribution in [3.63, 3.8) is 0 Å². The number of rotatable bonds is 3. The summed E-state index contributed by atoms with van der Waals surface area (Å²) in [6.45, 7) is 2.02. The Kier molecular flexibility index (Phi) is 3.45. The van der Waals surface area contributed by atoms with E-state index in [1.807, 2.05) is 55.5 Å². The van der Waals surface area contributed by atoms with Crippen LogP contribution in [0, 0.1) is 6.92 Å². The highest BCUT2D eigenvalue weighted by Gasteiger charge is 2.10. The van der Waals surface area contributed by atoms with Gasteiger partial charge < -0.3 is 9.84 Å². The number of benzene rings is 2. The fraction of sp³-hybridized carbons (Fsp3) is 0.200. The van der Waals surface area contributed by atoms with Crippen molar-refractivity contribution in [1.82, 2.24) is 0 Å². The molecule has 0 fully saturated rings. The van der Waals surface area contributed by atoms with Gasteiger partial charge in [-0.2, -0.15) is 0 Å². The van der Waals surface area contributed by atoms with Crippen LogP contribution in [0.4, 0.5) is 0 Å². The summed E-state index contributed by atoms with van der Waals surface area (Å²) in [4.78, 5) is 0. The number of ether oxygens (including phenoxy) is 1. The molecule has 0 spiro atoms. The molecule has 88 valence electrons. The Morgan fingerprint density at radius 3 is 2.29 bits per heavy atom. The van der Waals surface area contributed by atoms with Crippen LogP contribution in [-0.2, 0) is 0 Å². The van der Waals surface area contributed by atoms with E-state index >= 15 is 0 Å². The molecule has 2 aromatic carbocycles. The van der Waals surface area contributed by atoms with E-state index in [1.165, 1.54) is 0 Å². The molecule has 0 amide bonds. The van der Waals surface area contributed by atoms with Crippen molar-refractivity contribution >= 4 is 0 Å². The minimum absolute atomic E-state index is 0.583. The van der Waals surface area contributed by atoms with Gasteiger partial charge in [0.2, 0.25) is 0 Å². The Bertz CT molecular complexity index is 489. The van der Waals surface area contributed by atoms with Crippen molar-refractivity contribution in [3.8, 4) is 5.75 Å². The van der Waals surface area contributed by atoms with Crippen molar-refractivity contribution < 1.29 is 9.84 Å². The largest absolute Gasteiger partial charge is 0.497 e. The van der Waals surface area contributed by atoms with Crippen LogP contribution in [0.1, 0.15) is 22.8 Å². The Morgan fingerprint density at radius 1 is 1.00 bits per heavy atom. The molecule has 2 nitrogen and oxygen atoms in total. The Morgan fingerprint density at radius 2 is 1.71 bits per heavy atom. The highest BCUT2D eigenvalue weighted by molar-refractivity contribution is 5.35. The zero-order valence-electron chi connectivity index (χ0n) is 10.1. The van der Waals surface area contributed by atoms with Crippen molar-refractivity contribution in [2.75, 3.05) is 7.11 Å². The molecule has 1 N–H and O–H groups in total. The van der Waals surface area contributed by atoms with Crippen LogP contribution < -0.4 is 4.74 Å². The third-order valence-electron chi connectivity index (χ3n) is 2.79. The van der Waals surface area contributed by atoms with Gasteiger partial charge in [-0.3, -0.25) is 0 Å². The SMILES string of the molecule is COc1ccc([C@H](O)c2cccc(C)c2)cc1. The molecule has 0 heterocycles. The second kappa shape index (κ2) is 5.02. The van der Waals surface area contributed by atoms with E-state index in [2.05, 4.69) is 0 Å². The van der Waals surface area contributed by atoms with Crippen LogP contribution in [0.15, 0.2) is 48.5 Å². The molecule has 2 rings (SSSR count). The molecule has 0 radical (unpaired) electrons. The first-order valence-corrected chi connectivity index (χ1v) is 5.59. The quantitative estimate of drug-likeness (QED) is 0.874. The summed E-state index contributed by atoms with van der Waals surface area (Å²) < 4.78 is 5.09. The fourth-order valence-corrected chi connectivity index (χ4v) is 1.82. The van der Waals surface area contributed by atoms with Gasteiger partial charge in [-0.25, -0.2) is 0 Å². The average molecular weight is 228 g/mol. The lowest BCUT2D eigenvalue weighted by molar-refractivity contribution is 0.220. The molecule has 0 unspecified atom stereocenters. The zero-order valence-corrected chi connectivity index (χ0v) is 10.1. The van der Waals surface area contributed by atoms with Gasteiger partial charge >= 0.3 is 0 Å². The second-order valence-corrected chi connectivity index (χ2v) is 4.09. The van der Waals surface area contributed by atoms with Gasteiger partial charge in [0.25, 0.3) is 0 Å². The van der Waals surface area contributed by atoms with E-state index in [-0.39, 0.29) is 0 Å². The monoisotopic (exact) mass is 228 g/mol. The van der Waals surface area contributed by atoms with Crippen molar-refractivity contribution in [2.45, 2.75) is 13.0 Å². The van der Waals surface area contributed by atoms with Gasteiger partial charge in [-0.15, -0.1) is 0 Å². The number of aliphatic hydroxyl groups excluding tert-OH is 1. The van der Waals surface area contributed by atoms with Crippen LogP contribution in [-0.4, -0.2) is 12.2 Å². The minimum Gasteiger partial charge on any atom is -0.497 e. The molecule has 2 aromatic rings. The molecule has 0 aliphatic carbocycles. The third kappa shape index (κ3) is 2.66. The summed E-state index contributed by atoms with van der Waals surface area (Å²) in [5, 5.41) is 10.2. The summed E-state index contributed by atoms with van der Waals surface area (Å²) in [6, 6.07) is 15.4. The van der Waals surface area contributed by atoms with E-state index in [1.54, 1.807) is 7.11 Å². The number of aliphatic hydroxyl groups is 1. The van der Waals surface area contributed by atoms with Crippen LogP contribution in [0.3, 0.4) is 0 Å². The summed E-state index contributed by atoms with van der Waals surface area (Å²) in [7, 11) is 1.63.